The van der Waals surface area contributed by atoms with Gasteiger partial charge < -0.3 is 9.88 Å². The minimum absolute atomic E-state index is 0.0206. The topological polar surface area (TPSA) is 51.1 Å². The molecule has 0 radical (unpaired) electrons. The molecule has 1 saturated carbocycles. The third kappa shape index (κ3) is 3.70. The van der Waals surface area contributed by atoms with Gasteiger partial charge in [0.05, 0.1) is 5.69 Å². The maximum Gasteiger partial charge on any atom is 0.244 e. The van der Waals surface area contributed by atoms with Crippen molar-refractivity contribution in [1.82, 2.24) is 4.57 Å². The molecule has 4 nitrogen and oxygen atoms in total. The van der Waals surface area contributed by atoms with Gasteiger partial charge in [-0.1, -0.05) is 49.6 Å². The van der Waals surface area contributed by atoms with E-state index in [-0.39, 0.29) is 29.8 Å². The van der Waals surface area contributed by atoms with Gasteiger partial charge in [-0.15, -0.1) is 0 Å². The fourth-order valence-electron chi connectivity index (χ4n) is 4.07. The van der Waals surface area contributed by atoms with Crippen LogP contribution in [-0.2, 0) is 11.3 Å². The van der Waals surface area contributed by atoms with Crippen LogP contribution in [0.2, 0.25) is 0 Å². The summed E-state index contributed by atoms with van der Waals surface area (Å²) in [4.78, 5) is 25.6. The molecule has 1 aliphatic carbocycles. The smallest absolute Gasteiger partial charge is 0.244 e. The summed E-state index contributed by atoms with van der Waals surface area (Å²) in [5, 5.41) is 3.48. The van der Waals surface area contributed by atoms with E-state index in [4.69, 9.17) is 0 Å². The molecule has 144 valence electrons. The van der Waals surface area contributed by atoms with E-state index >= 15 is 0 Å². The molecule has 5 heteroatoms. The molecule has 0 aliphatic heterocycles. The van der Waals surface area contributed by atoms with Gasteiger partial charge in [0.25, 0.3) is 0 Å². The highest BCUT2D eigenvalue weighted by Crippen LogP contribution is 2.30. The van der Waals surface area contributed by atoms with Crippen molar-refractivity contribution in [2.75, 3.05) is 5.32 Å². The van der Waals surface area contributed by atoms with E-state index in [1.807, 2.05) is 24.3 Å². The molecule has 1 amide bonds. The Labute approximate surface area is 163 Å². The van der Waals surface area contributed by atoms with Crippen molar-refractivity contribution in [3.8, 4) is 0 Å². The largest absolute Gasteiger partial charge is 0.337 e. The fraction of sp³-hybridized carbons (Fsp3) is 0.304. The molecule has 0 unspecified atom stereocenters. The number of rotatable bonds is 5. The second-order valence-corrected chi connectivity index (χ2v) is 7.42. The number of fused-ring (bicyclic) bond motifs is 1. The zero-order valence-corrected chi connectivity index (χ0v) is 15.7. The maximum atomic E-state index is 13.8. The number of halogens is 1. The number of aromatic nitrogens is 1. The van der Waals surface area contributed by atoms with Gasteiger partial charge in [0.1, 0.15) is 12.4 Å². The first-order valence-corrected chi connectivity index (χ1v) is 9.80. The quantitative estimate of drug-likeness (QED) is 0.622. The number of hydrogen-bond acceptors (Lipinski definition) is 2. The summed E-state index contributed by atoms with van der Waals surface area (Å²) in [6, 6.07) is 13.7. The number of carbonyl (C=O) groups is 2. The molecule has 3 aromatic rings. The number of para-hydroxylation sites is 2. The third-order valence-corrected chi connectivity index (χ3v) is 5.49. The first kappa shape index (κ1) is 18.4. The van der Waals surface area contributed by atoms with Crippen LogP contribution in [0.3, 0.4) is 0 Å². The Bertz CT molecular complexity index is 1020. The van der Waals surface area contributed by atoms with Crippen molar-refractivity contribution < 1.29 is 14.0 Å². The van der Waals surface area contributed by atoms with Gasteiger partial charge in [-0.05, 0) is 31.0 Å². The highest BCUT2D eigenvalue weighted by Gasteiger charge is 2.25. The van der Waals surface area contributed by atoms with Crippen molar-refractivity contribution >= 4 is 28.3 Å². The zero-order chi connectivity index (χ0) is 19.5. The van der Waals surface area contributed by atoms with E-state index in [2.05, 4.69) is 5.32 Å². The minimum atomic E-state index is -0.471. The lowest BCUT2D eigenvalue weighted by atomic mass is 9.84. The number of nitrogens with one attached hydrogen (secondary N) is 1. The number of amides is 1. The lowest BCUT2D eigenvalue weighted by Crippen LogP contribution is -2.19. The summed E-state index contributed by atoms with van der Waals surface area (Å²) in [6.45, 7) is 0.0206. The number of anilines is 1. The Morgan fingerprint density at radius 2 is 1.71 bits per heavy atom. The molecule has 1 heterocycles. The Balaban J connectivity index is 1.60. The number of benzene rings is 2. The lowest BCUT2D eigenvalue weighted by Gasteiger charge is -2.19. The van der Waals surface area contributed by atoms with Gasteiger partial charge in [-0.25, -0.2) is 4.39 Å². The normalized spacial score (nSPS) is 14.9. The van der Waals surface area contributed by atoms with Crippen LogP contribution in [0, 0.1) is 11.7 Å². The Morgan fingerprint density at radius 1 is 1.00 bits per heavy atom. The number of hydrogen-bond donors (Lipinski definition) is 1. The van der Waals surface area contributed by atoms with Crippen LogP contribution in [-0.4, -0.2) is 16.3 Å². The van der Waals surface area contributed by atoms with Gasteiger partial charge in [-0.3, -0.25) is 9.59 Å². The van der Waals surface area contributed by atoms with Crippen molar-refractivity contribution in [3.63, 3.8) is 0 Å². The van der Waals surface area contributed by atoms with Crippen molar-refractivity contribution in [3.05, 3.63) is 66.1 Å². The fourth-order valence-corrected chi connectivity index (χ4v) is 4.07. The third-order valence-electron chi connectivity index (χ3n) is 5.49. The predicted octanol–water partition coefficient (Wildman–Crippen LogP) is 5.18. The van der Waals surface area contributed by atoms with E-state index in [9.17, 15) is 14.0 Å². The molecule has 28 heavy (non-hydrogen) atoms. The molecule has 4 rings (SSSR count). The van der Waals surface area contributed by atoms with Gasteiger partial charge in [0.15, 0.2) is 5.78 Å². The molecule has 1 fully saturated rings. The van der Waals surface area contributed by atoms with E-state index in [0.29, 0.717) is 5.56 Å². The van der Waals surface area contributed by atoms with Crippen LogP contribution in [0.5, 0.6) is 0 Å². The predicted molar refractivity (Wildman–Crippen MR) is 108 cm³/mol. The van der Waals surface area contributed by atoms with Gasteiger partial charge in [-0.2, -0.15) is 0 Å². The number of Topliss-reactive ketones (excluding diaryl/α,β-unsaturated/α-hetero) is 1. The van der Waals surface area contributed by atoms with Crippen LogP contribution < -0.4 is 5.32 Å². The molecule has 0 bridgehead atoms. The molecule has 1 aromatic heterocycles. The first-order valence-electron chi connectivity index (χ1n) is 9.80. The summed E-state index contributed by atoms with van der Waals surface area (Å²) in [6.07, 6.45) is 7.04. The summed E-state index contributed by atoms with van der Waals surface area (Å²) in [5.74, 6) is -0.562. The van der Waals surface area contributed by atoms with Crippen molar-refractivity contribution in [2.45, 2.75) is 38.6 Å². The van der Waals surface area contributed by atoms with Crippen LogP contribution in [0.1, 0.15) is 42.5 Å². The molecule has 1 N–H and O–H groups in total. The molecule has 0 atom stereocenters. The summed E-state index contributed by atoms with van der Waals surface area (Å²) in [5.41, 5.74) is 1.68. The molecule has 1 aliphatic rings. The van der Waals surface area contributed by atoms with Gasteiger partial charge >= 0.3 is 0 Å². The number of ketones is 1. The SMILES string of the molecule is O=C(Cn1cc(C(=O)C2CCCCC2)c2ccccc21)Nc1ccccc1F. The van der Waals surface area contributed by atoms with E-state index in [1.54, 1.807) is 22.9 Å². The van der Waals surface area contributed by atoms with Crippen LogP contribution in [0.4, 0.5) is 10.1 Å². The molecular weight excluding hydrogens is 355 g/mol. The average molecular weight is 378 g/mol. The highest BCUT2D eigenvalue weighted by molar-refractivity contribution is 6.09. The minimum Gasteiger partial charge on any atom is -0.337 e. The van der Waals surface area contributed by atoms with E-state index < -0.39 is 5.82 Å². The van der Waals surface area contributed by atoms with Crippen LogP contribution >= 0.6 is 0 Å². The monoisotopic (exact) mass is 378 g/mol. The maximum absolute atomic E-state index is 13.8. The Morgan fingerprint density at radius 3 is 2.50 bits per heavy atom. The molecule has 0 spiro atoms. The number of nitrogens with zero attached hydrogens (tertiary/aromatic N) is 1. The summed E-state index contributed by atoms with van der Waals surface area (Å²) < 4.78 is 15.6. The van der Waals surface area contributed by atoms with E-state index in [0.717, 1.165) is 36.6 Å². The molecule has 2 aromatic carbocycles. The first-order chi connectivity index (χ1) is 13.6. The Hall–Kier alpha value is -2.95. The number of carbonyl (C=O) groups excluding carboxylic acids is 2. The zero-order valence-electron chi connectivity index (χ0n) is 15.7. The average Bonchev–Trinajstić information content (AvgIpc) is 3.08. The van der Waals surface area contributed by atoms with Crippen molar-refractivity contribution in [2.24, 2.45) is 5.92 Å². The highest BCUT2D eigenvalue weighted by atomic mass is 19.1. The van der Waals surface area contributed by atoms with Crippen LogP contribution in [0.15, 0.2) is 54.7 Å². The molecule has 0 saturated heterocycles. The Kier molecular flexibility index (Phi) is 5.24. The van der Waals surface area contributed by atoms with Gasteiger partial charge in [0.2, 0.25) is 5.91 Å². The summed E-state index contributed by atoms with van der Waals surface area (Å²) >= 11 is 0. The van der Waals surface area contributed by atoms with Crippen molar-refractivity contribution in [1.29, 1.82) is 0 Å². The second kappa shape index (κ2) is 7.97. The van der Waals surface area contributed by atoms with Gasteiger partial charge in [0, 0.05) is 28.6 Å². The standard InChI is InChI=1S/C23H23FN2O2/c24-19-11-5-6-12-20(19)25-22(27)15-26-14-18(17-10-4-7-13-21(17)26)23(28)16-8-2-1-3-9-16/h4-7,10-14,16H,1-3,8-9,15H2,(H,25,27). The molecular formula is C23H23FN2O2. The van der Waals surface area contributed by atoms with Crippen LogP contribution in [0.25, 0.3) is 10.9 Å². The lowest BCUT2D eigenvalue weighted by molar-refractivity contribution is -0.116. The summed E-state index contributed by atoms with van der Waals surface area (Å²) in [7, 11) is 0. The second-order valence-electron chi connectivity index (χ2n) is 7.42. The van der Waals surface area contributed by atoms with E-state index in [1.165, 1.54) is 18.6 Å².